The predicted octanol–water partition coefficient (Wildman–Crippen LogP) is 5.53. The van der Waals surface area contributed by atoms with E-state index in [1.807, 2.05) is 38.1 Å². The number of carbonyl (C=O) groups is 4. The normalized spacial score (nSPS) is 11.1. The Morgan fingerprint density at radius 3 is 2.33 bits per heavy atom. The van der Waals surface area contributed by atoms with Crippen LogP contribution in [0, 0.1) is 6.92 Å². The van der Waals surface area contributed by atoms with Gasteiger partial charge in [0.2, 0.25) is 11.9 Å². The summed E-state index contributed by atoms with van der Waals surface area (Å²) < 4.78 is 20.4. The molecule has 17 nitrogen and oxygen atoms in total. The Morgan fingerprint density at radius 1 is 0.966 bits per heavy atom. The van der Waals surface area contributed by atoms with Gasteiger partial charge in [0.25, 0.3) is 5.91 Å². The number of primary amides is 1. The summed E-state index contributed by atoms with van der Waals surface area (Å²) >= 11 is 0. The van der Waals surface area contributed by atoms with E-state index >= 15 is 0 Å². The number of nitrogen functional groups attached to an aromatic ring is 1. The van der Waals surface area contributed by atoms with E-state index in [4.69, 9.17) is 25.7 Å². The number of benzene rings is 3. The largest absolute Gasteiger partial charge is 0.494 e. The molecular weight excluding hydrogens is 745 g/mol. The minimum absolute atomic E-state index is 0.196. The molecule has 5 rings (SSSR count). The van der Waals surface area contributed by atoms with Gasteiger partial charge in [-0.3, -0.25) is 29.7 Å². The molecule has 0 aliphatic heterocycles. The van der Waals surface area contributed by atoms with E-state index in [9.17, 15) is 19.2 Å². The van der Waals surface area contributed by atoms with Crippen LogP contribution in [0.1, 0.15) is 70.2 Å². The number of rotatable bonds is 16. The molecule has 0 saturated heterocycles. The Balaban J connectivity index is 0.00000366. The fourth-order valence-corrected chi connectivity index (χ4v) is 5.84. The molecule has 0 fully saturated rings. The highest BCUT2D eigenvalue weighted by atomic mass is 16.6. The van der Waals surface area contributed by atoms with Gasteiger partial charge in [-0.15, -0.1) is 0 Å². The molecule has 0 saturated carbocycles. The van der Waals surface area contributed by atoms with Gasteiger partial charge in [-0.2, -0.15) is 5.10 Å². The highest BCUT2D eigenvalue weighted by molar-refractivity contribution is 6.03. The molecule has 0 bridgehead atoms. The number of amides is 3. The number of fused-ring (bicyclic) bond motifs is 1. The quantitative estimate of drug-likeness (QED) is 0.0410. The van der Waals surface area contributed by atoms with Crippen molar-refractivity contribution in [2.24, 2.45) is 11.5 Å². The number of imidazole rings is 1. The van der Waals surface area contributed by atoms with Crippen molar-refractivity contribution in [3.05, 3.63) is 94.8 Å². The number of aryl methyl sites for hydroxylation is 2. The lowest BCUT2D eigenvalue weighted by Crippen LogP contribution is -2.27. The zero-order valence-electron chi connectivity index (χ0n) is 33.8. The molecule has 0 aliphatic carbocycles. The first-order valence-corrected chi connectivity index (χ1v) is 18.5. The number of nitrogens with zero attached hydrogens (tertiary/aromatic N) is 4. The van der Waals surface area contributed by atoms with E-state index in [1.165, 1.54) is 26.3 Å². The number of nitrogens with two attached hydrogens (primary N) is 3. The van der Waals surface area contributed by atoms with Gasteiger partial charge >= 0.3 is 6.09 Å². The number of aldehydes is 1. The number of hydrogen-bond acceptors (Lipinski definition) is 12. The van der Waals surface area contributed by atoms with E-state index in [0.717, 1.165) is 5.56 Å². The van der Waals surface area contributed by atoms with Crippen molar-refractivity contribution in [2.45, 2.75) is 59.7 Å². The molecule has 308 valence electrons. The lowest BCUT2D eigenvalue weighted by atomic mass is 10.1. The summed E-state index contributed by atoms with van der Waals surface area (Å²) in [5.41, 5.74) is 20.8. The molecule has 0 aliphatic rings. The average Bonchev–Trinajstić information content (AvgIpc) is 3.74. The summed E-state index contributed by atoms with van der Waals surface area (Å²) in [4.78, 5) is 53.9. The Morgan fingerprint density at radius 2 is 1.69 bits per heavy atom. The van der Waals surface area contributed by atoms with Gasteiger partial charge < -0.3 is 41.3 Å². The Labute approximate surface area is 336 Å². The van der Waals surface area contributed by atoms with Crippen LogP contribution in [0.5, 0.6) is 11.5 Å². The Kier molecular flexibility index (Phi) is 15.0. The second-order valence-electron chi connectivity index (χ2n) is 13.8. The van der Waals surface area contributed by atoms with Gasteiger partial charge in [-0.1, -0.05) is 24.3 Å². The minimum Gasteiger partial charge on any atom is -0.494 e. The van der Waals surface area contributed by atoms with E-state index in [2.05, 4.69) is 31.8 Å². The molecule has 58 heavy (non-hydrogen) atoms. The van der Waals surface area contributed by atoms with Crippen molar-refractivity contribution in [1.82, 2.24) is 19.3 Å². The molecule has 2 aromatic heterocycles. The highest BCUT2D eigenvalue weighted by Crippen LogP contribution is 2.33. The van der Waals surface area contributed by atoms with Crippen LogP contribution in [-0.2, 0) is 24.2 Å². The maximum atomic E-state index is 13.4. The average molecular weight is 797 g/mol. The van der Waals surface area contributed by atoms with E-state index in [1.54, 1.807) is 60.4 Å². The molecule has 0 unspecified atom stereocenters. The molecular formula is C41H52N10O7. The Hall–Kier alpha value is -6.88. The summed E-state index contributed by atoms with van der Waals surface area (Å²) in [5.74, 6) is -0.0314. The summed E-state index contributed by atoms with van der Waals surface area (Å²) in [6, 6.07) is 15.2. The first-order valence-electron chi connectivity index (χ1n) is 18.5. The van der Waals surface area contributed by atoms with Crippen LogP contribution in [0.3, 0.4) is 0 Å². The van der Waals surface area contributed by atoms with Crippen molar-refractivity contribution in [2.75, 3.05) is 49.0 Å². The summed E-state index contributed by atoms with van der Waals surface area (Å²) in [7, 11) is 3.00. The van der Waals surface area contributed by atoms with Crippen molar-refractivity contribution in [1.29, 1.82) is 0 Å². The lowest BCUT2D eigenvalue weighted by molar-refractivity contribution is 0.0635. The van der Waals surface area contributed by atoms with Crippen molar-refractivity contribution in [3.8, 4) is 11.5 Å². The van der Waals surface area contributed by atoms with Crippen LogP contribution in [0.2, 0.25) is 0 Å². The second kappa shape index (κ2) is 19.8. The van der Waals surface area contributed by atoms with Crippen LogP contribution < -0.4 is 42.6 Å². The van der Waals surface area contributed by atoms with Crippen LogP contribution in [0.25, 0.3) is 11.0 Å². The second-order valence-corrected chi connectivity index (χ2v) is 13.8. The maximum Gasteiger partial charge on any atom is 0.412 e. The number of nitrogens with one attached hydrogen (secondary N) is 3. The van der Waals surface area contributed by atoms with Gasteiger partial charge in [0.1, 0.15) is 40.3 Å². The molecule has 5 aromatic rings. The third kappa shape index (κ3) is 11.3. The zero-order valence-corrected chi connectivity index (χ0v) is 33.8. The molecule has 9 N–H and O–H groups in total. The van der Waals surface area contributed by atoms with Gasteiger partial charge in [0.15, 0.2) is 0 Å². The smallest absolute Gasteiger partial charge is 0.412 e. The van der Waals surface area contributed by atoms with Gasteiger partial charge in [-0.25, -0.2) is 9.78 Å². The topological polar surface area (TPSA) is 246 Å². The van der Waals surface area contributed by atoms with Crippen LogP contribution in [-0.4, -0.2) is 76.4 Å². The molecule has 0 spiro atoms. The van der Waals surface area contributed by atoms with Crippen LogP contribution in [0.15, 0.2) is 66.7 Å². The molecule has 3 amide bonds. The number of ether oxygens (including phenoxy) is 3. The number of methoxy groups -OCH3 is 1. The van der Waals surface area contributed by atoms with E-state index in [0.29, 0.717) is 76.7 Å². The molecule has 3 aromatic carbocycles. The lowest BCUT2D eigenvalue weighted by Gasteiger charge is -2.19. The van der Waals surface area contributed by atoms with E-state index in [-0.39, 0.29) is 36.3 Å². The predicted molar refractivity (Wildman–Crippen MR) is 225 cm³/mol. The minimum atomic E-state index is -0.651. The molecule has 17 heteroatoms. The fraction of sp³-hybridized carbons (Fsp3) is 0.317. The number of hydrogen-bond donors (Lipinski definition) is 6. The SMILES string of the molecule is CCn1nc(C)cc1C(=O)Nc1nc2cc(C=O)cc(OC)c2n1C/C=C/CNc1c(N)cc(C(N)=O)cc1OCCc1ccc(NC(=O)OC(C)(C)C)cc1.CN. The molecule has 0 atom stereocenters. The third-order valence-electron chi connectivity index (χ3n) is 8.36. The van der Waals surface area contributed by atoms with E-state index < -0.39 is 17.6 Å². The third-order valence-corrected chi connectivity index (χ3v) is 8.36. The number of aromatic nitrogens is 4. The van der Waals surface area contributed by atoms with Crippen LogP contribution in [0.4, 0.5) is 27.8 Å². The van der Waals surface area contributed by atoms with Crippen molar-refractivity contribution < 1.29 is 33.4 Å². The monoisotopic (exact) mass is 796 g/mol. The van der Waals surface area contributed by atoms with Gasteiger partial charge in [0, 0.05) is 42.9 Å². The zero-order chi connectivity index (χ0) is 42.6. The summed E-state index contributed by atoms with van der Waals surface area (Å²) in [6.45, 7) is 10.4. The van der Waals surface area contributed by atoms with Gasteiger partial charge in [0.05, 0.1) is 30.6 Å². The van der Waals surface area contributed by atoms with Crippen molar-refractivity contribution >= 4 is 58.2 Å². The summed E-state index contributed by atoms with van der Waals surface area (Å²) in [5, 5.41) is 13.3. The number of anilines is 4. The number of carbonyl (C=O) groups excluding carboxylic acids is 4. The molecule has 2 heterocycles. The van der Waals surface area contributed by atoms with Gasteiger partial charge in [-0.05, 0) is 89.7 Å². The maximum absolute atomic E-state index is 13.4. The first kappa shape index (κ1) is 43.8. The fourth-order valence-electron chi connectivity index (χ4n) is 5.84. The number of allylic oxidation sites excluding steroid dienone is 1. The van der Waals surface area contributed by atoms with Crippen molar-refractivity contribution in [3.63, 3.8) is 0 Å². The van der Waals surface area contributed by atoms with Crippen LogP contribution >= 0.6 is 0 Å². The molecule has 0 radical (unpaired) electrons. The summed E-state index contributed by atoms with van der Waals surface area (Å²) in [6.07, 6.45) is 4.41. The standard InChI is InChI=1S/C40H47N9O7.CH5N/c1-7-49-31(18-24(2)47-49)37(52)46-38-45-30-19-26(23-50)20-33(54-6)35(30)48(38)16-9-8-15-43-34-29(41)21-27(36(42)51)22-32(34)55-17-14-25-10-12-28(13-11-25)44-39(53)56-40(3,4)5;1-2/h8-13,18-23,43H,7,14-17,41H2,1-6H3,(H2,42,51)(H,44,53)(H,45,46,52);2H2,1H3/b9-8+;. The first-order chi connectivity index (χ1) is 27.7. The Bertz CT molecular complexity index is 2270. The highest BCUT2D eigenvalue weighted by Gasteiger charge is 2.21.